The number of aryl methyl sites for hydroxylation is 1. The van der Waals surface area contributed by atoms with Crippen LogP contribution in [0.3, 0.4) is 0 Å². The van der Waals surface area contributed by atoms with E-state index in [0.29, 0.717) is 33.7 Å². The molecule has 0 bridgehead atoms. The summed E-state index contributed by atoms with van der Waals surface area (Å²) in [5.74, 6) is 0.763. The SMILES string of the molecule is Cc1onc(C(=O)Nc2ncn(Cc3ccc(Cl)cc3)n2)c1COc1ccc(Cl)cc1. The summed E-state index contributed by atoms with van der Waals surface area (Å²) in [5.41, 5.74) is 1.65. The van der Waals surface area contributed by atoms with Crippen LogP contribution in [0.4, 0.5) is 5.95 Å². The quantitative estimate of drug-likeness (QED) is 0.429. The molecule has 0 saturated heterocycles. The summed E-state index contributed by atoms with van der Waals surface area (Å²) in [6.45, 7) is 2.31. The summed E-state index contributed by atoms with van der Waals surface area (Å²) in [5, 5.41) is 12.0. The van der Waals surface area contributed by atoms with Crippen LogP contribution in [0.1, 0.15) is 27.4 Å². The van der Waals surface area contributed by atoms with Crippen molar-refractivity contribution in [3.63, 3.8) is 0 Å². The predicted octanol–water partition coefficient (Wildman–Crippen LogP) is 4.76. The Hall–Kier alpha value is -3.36. The van der Waals surface area contributed by atoms with E-state index < -0.39 is 5.91 Å². The molecule has 4 aromatic rings. The third-order valence-electron chi connectivity index (χ3n) is 4.42. The van der Waals surface area contributed by atoms with Gasteiger partial charge in [-0.2, -0.15) is 0 Å². The van der Waals surface area contributed by atoms with E-state index in [2.05, 4.69) is 20.6 Å². The third kappa shape index (κ3) is 5.22. The first-order valence-electron chi connectivity index (χ1n) is 9.26. The van der Waals surface area contributed by atoms with Gasteiger partial charge in [-0.15, -0.1) is 5.10 Å². The van der Waals surface area contributed by atoms with E-state index in [1.54, 1.807) is 48.0 Å². The van der Waals surface area contributed by atoms with E-state index in [9.17, 15) is 4.79 Å². The Balaban J connectivity index is 1.41. The van der Waals surface area contributed by atoms with Crippen molar-refractivity contribution in [2.75, 3.05) is 5.32 Å². The summed E-state index contributed by atoms with van der Waals surface area (Å²) < 4.78 is 12.5. The molecule has 2 heterocycles. The van der Waals surface area contributed by atoms with Crippen molar-refractivity contribution in [1.29, 1.82) is 0 Å². The molecule has 10 heteroatoms. The van der Waals surface area contributed by atoms with Gasteiger partial charge in [0.1, 0.15) is 24.4 Å². The lowest BCUT2D eigenvalue weighted by atomic mass is 10.2. The largest absolute Gasteiger partial charge is 0.489 e. The predicted molar refractivity (Wildman–Crippen MR) is 116 cm³/mol. The molecule has 0 aliphatic heterocycles. The first kappa shape index (κ1) is 20.9. The highest BCUT2D eigenvalue weighted by Crippen LogP contribution is 2.20. The van der Waals surface area contributed by atoms with Crippen molar-refractivity contribution in [2.45, 2.75) is 20.1 Å². The molecule has 0 atom stereocenters. The number of carbonyl (C=O) groups excluding carboxylic acids is 1. The second-order valence-corrected chi connectivity index (χ2v) is 7.53. The summed E-state index contributed by atoms with van der Waals surface area (Å²) in [6.07, 6.45) is 1.53. The lowest BCUT2D eigenvalue weighted by Gasteiger charge is -2.06. The number of rotatable bonds is 7. The van der Waals surface area contributed by atoms with Gasteiger partial charge in [0, 0.05) is 10.0 Å². The zero-order valence-electron chi connectivity index (χ0n) is 16.4. The summed E-state index contributed by atoms with van der Waals surface area (Å²) >= 11 is 11.8. The summed E-state index contributed by atoms with van der Waals surface area (Å²) in [6, 6.07) is 14.3. The maximum atomic E-state index is 12.7. The van der Waals surface area contributed by atoms with Crippen molar-refractivity contribution in [2.24, 2.45) is 0 Å². The van der Waals surface area contributed by atoms with Crippen LogP contribution < -0.4 is 10.1 Å². The number of hydrogen-bond donors (Lipinski definition) is 1. The van der Waals surface area contributed by atoms with Gasteiger partial charge in [0.05, 0.1) is 12.1 Å². The highest BCUT2D eigenvalue weighted by molar-refractivity contribution is 6.30. The monoisotopic (exact) mass is 457 g/mol. The molecule has 0 spiro atoms. The molecule has 31 heavy (non-hydrogen) atoms. The molecule has 0 saturated carbocycles. The number of ether oxygens (including phenoxy) is 1. The van der Waals surface area contributed by atoms with Gasteiger partial charge in [-0.3, -0.25) is 10.1 Å². The van der Waals surface area contributed by atoms with Gasteiger partial charge in [0.2, 0.25) is 5.95 Å². The maximum Gasteiger partial charge on any atom is 0.280 e. The van der Waals surface area contributed by atoms with E-state index in [-0.39, 0.29) is 18.2 Å². The number of amides is 1. The van der Waals surface area contributed by atoms with Crippen LogP contribution in [-0.4, -0.2) is 25.8 Å². The Morgan fingerprint density at radius 2 is 1.77 bits per heavy atom. The first-order chi connectivity index (χ1) is 15.0. The standard InChI is InChI=1S/C21H17Cl2N5O3/c1-13-18(11-30-17-8-6-16(23)7-9-17)19(27-31-13)20(29)25-21-24-12-28(26-21)10-14-2-4-15(22)5-3-14/h2-9,12H,10-11H2,1H3,(H,25,26,29). The van der Waals surface area contributed by atoms with Crippen LogP contribution in [-0.2, 0) is 13.2 Å². The number of anilines is 1. The van der Waals surface area contributed by atoms with Crippen LogP contribution in [0.5, 0.6) is 5.75 Å². The molecule has 4 rings (SSSR count). The summed E-state index contributed by atoms with van der Waals surface area (Å²) in [7, 11) is 0. The molecule has 0 aliphatic rings. The number of nitrogens with one attached hydrogen (secondary N) is 1. The molecule has 8 nitrogen and oxygen atoms in total. The zero-order chi connectivity index (χ0) is 21.8. The minimum absolute atomic E-state index is 0.109. The van der Waals surface area contributed by atoms with Crippen LogP contribution >= 0.6 is 23.2 Å². The molecule has 0 radical (unpaired) electrons. The lowest BCUT2D eigenvalue weighted by Crippen LogP contribution is -2.16. The van der Waals surface area contributed by atoms with Gasteiger partial charge in [-0.1, -0.05) is 40.5 Å². The number of aromatic nitrogens is 4. The Kier molecular flexibility index (Phi) is 6.20. The fourth-order valence-corrected chi connectivity index (χ4v) is 3.04. The van der Waals surface area contributed by atoms with Crippen molar-refractivity contribution < 1.29 is 14.1 Å². The molecular weight excluding hydrogens is 441 g/mol. The van der Waals surface area contributed by atoms with Crippen molar-refractivity contribution in [3.05, 3.63) is 87.5 Å². The molecule has 1 amide bonds. The smallest absolute Gasteiger partial charge is 0.280 e. The fourth-order valence-electron chi connectivity index (χ4n) is 2.79. The molecule has 0 aliphatic carbocycles. The van der Waals surface area contributed by atoms with E-state index in [1.807, 2.05) is 12.1 Å². The average molecular weight is 458 g/mol. The third-order valence-corrected chi connectivity index (χ3v) is 4.92. The maximum absolute atomic E-state index is 12.7. The number of benzene rings is 2. The summed E-state index contributed by atoms with van der Waals surface area (Å²) in [4.78, 5) is 16.8. The molecular formula is C21H17Cl2N5O3. The van der Waals surface area contributed by atoms with E-state index >= 15 is 0 Å². The highest BCUT2D eigenvalue weighted by Gasteiger charge is 2.21. The number of nitrogens with zero attached hydrogens (tertiary/aromatic N) is 4. The van der Waals surface area contributed by atoms with E-state index in [1.165, 1.54) is 6.33 Å². The van der Waals surface area contributed by atoms with Crippen LogP contribution in [0, 0.1) is 6.92 Å². The van der Waals surface area contributed by atoms with E-state index in [4.69, 9.17) is 32.5 Å². The Morgan fingerprint density at radius 3 is 2.48 bits per heavy atom. The Morgan fingerprint density at radius 1 is 1.10 bits per heavy atom. The van der Waals surface area contributed by atoms with Crippen molar-refractivity contribution in [3.8, 4) is 5.75 Å². The van der Waals surface area contributed by atoms with Gasteiger partial charge >= 0.3 is 0 Å². The number of hydrogen-bond acceptors (Lipinski definition) is 6. The minimum Gasteiger partial charge on any atom is -0.489 e. The molecule has 0 fully saturated rings. The zero-order valence-corrected chi connectivity index (χ0v) is 17.9. The van der Waals surface area contributed by atoms with Gasteiger partial charge in [-0.25, -0.2) is 9.67 Å². The van der Waals surface area contributed by atoms with Gasteiger partial charge < -0.3 is 9.26 Å². The minimum atomic E-state index is -0.490. The van der Waals surface area contributed by atoms with Crippen LogP contribution in [0.15, 0.2) is 59.4 Å². The number of halogens is 2. The highest BCUT2D eigenvalue weighted by atomic mass is 35.5. The molecule has 2 aromatic heterocycles. The number of carbonyl (C=O) groups is 1. The molecule has 0 unspecified atom stereocenters. The second-order valence-electron chi connectivity index (χ2n) is 6.65. The lowest BCUT2D eigenvalue weighted by molar-refractivity contribution is 0.101. The molecule has 1 N–H and O–H groups in total. The first-order valence-corrected chi connectivity index (χ1v) is 10.0. The molecule has 2 aromatic carbocycles. The van der Waals surface area contributed by atoms with Gasteiger partial charge in [0.15, 0.2) is 5.69 Å². The van der Waals surface area contributed by atoms with Crippen LogP contribution in [0.25, 0.3) is 0 Å². The average Bonchev–Trinajstić information content (AvgIpc) is 3.35. The Labute approximate surface area is 187 Å². The second kappa shape index (κ2) is 9.20. The van der Waals surface area contributed by atoms with Gasteiger partial charge in [0.25, 0.3) is 5.91 Å². The normalized spacial score (nSPS) is 10.8. The van der Waals surface area contributed by atoms with Crippen molar-refractivity contribution >= 4 is 35.1 Å². The van der Waals surface area contributed by atoms with Crippen LogP contribution in [0.2, 0.25) is 10.0 Å². The van der Waals surface area contributed by atoms with E-state index in [0.717, 1.165) is 5.56 Å². The Bertz CT molecular complexity index is 1190. The van der Waals surface area contributed by atoms with Crippen molar-refractivity contribution in [1.82, 2.24) is 19.9 Å². The fraction of sp³-hybridized carbons (Fsp3) is 0.143. The van der Waals surface area contributed by atoms with Gasteiger partial charge in [-0.05, 0) is 48.9 Å². The topological polar surface area (TPSA) is 95.1 Å². The molecule has 158 valence electrons.